The van der Waals surface area contributed by atoms with E-state index in [1.165, 1.54) is 0 Å². The molecule has 1 nitrogen and oxygen atoms in total. The quantitative estimate of drug-likeness (QED) is 0.183. The van der Waals surface area contributed by atoms with E-state index in [2.05, 4.69) is 24.3 Å². The first-order valence-electron chi connectivity index (χ1n) is 7.64. The zero-order valence-corrected chi connectivity index (χ0v) is 16.6. The van der Waals surface area contributed by atoms with Gasteiger partial charge >= 0.3 is 0 Å². The van der Waals surface area contributed by atoms with Crippen molar-refractivity contribution in [2.24, 2.45) is 0 Å². The van der Waals surface area contributed by atoms with E-state index in [9.17, 15) is 0 Å². The molecule has 2 N–H and O–H groups in total. The Kier molecular flexibility index (Phi) is 22.4. The first kappa shape index (κ1) is 25.8. The van der Waals surface area contributed by atoms with E-state index in [4.69, 9.17) is 0 Å². The van der Waals surface area contributed by atoms with Gasteiger partial charge in [-0.25, -0.2) is 0 Å². The van der Waals surface area contributed by atoms with Crippen LogP contribution in [0.1, 0.15) is 0 Å². The maximum Gasteiger partial charge on any atom is 0 e. The molecule has 0 saturated carbocycles. The summed E-state index contributed by atoms with van der Waals surface area (Å²) in [4.78, 5) is 0. The van der Waals surface area contributed by atoms with Crippen molar-refractivity contribution in [1.82, 2.24) is 0 Å². The van der Waals surface area contributed by atoms with Crippen LogP contribution in [0.25, 0.3) is 6.15 Å². The van der Waals surface area contributed by atoms with Crippen molar-refractivity contribution >= 4 is 0 Å². The van der Waals surface area contributed by atoms with Gasteiger partial charge in [-0.3, -0.25) is 0 Å². The largest absolute Gasteiger partial charge is 0.693 e. The van der Waals surface area contributed by atoms with Crippen molar-refractivity contribution < 1.29 is 22.4 Å². The van der Waals surface area contributed by atoms with E-state index >= 15 is 0 Å². The topological polar surface area (TPSA) is 33.5 Å². The minimum absolute atomic E-state index is 0. The van der Waals surface area contributed by atoms with Gasteiger partial charge in [-0.2, -0.15) is 146 Å². The summed E-state index contributed by atoms with van der Waals surface area (Å²) >= 11 is 0. The smallest absolute Gasteiger partial charge is 0 e. The third-order valence-corrected chi connectivity index (χ3v) is 2.43. The van der Waals surface area contributed by atoms with Gasteiger partial charge in [0.05, 0.1) is 0 Å². The number of rotatable bonds is 0. The van der Waals surface area contributed by atoms with Crippen LogP contribution in [-0.2, 0) is 22.4 Å². The predicted octanol–water partition coefficient (Wildman–Crippen LogP) is 6.66. The Bertz CT molecular complexity index is 426. The normalized spacial score (nSPS) is 7.38. The molecule has 0 fully saturated rings. The maximum absolute atomic E-state index is 2.89. The van der Waals surface area contributed by atoms with E-state index in [-0.39, 0.29) is 28.5 Å². The molecule has 0 spiro atoms. The van der Waals surface area contributed by atoms with Crippen LogP contribution in [0.3, 0.4) is 0 Å². The molecule has 1 radical (unpaired) electrons. The minimum Gasteiger partial charge on any atom is -0.693 e. The molecule has 2 heteroatoms. The minimum atomic E-state index is 0. The summed E-state index contributed by atoms with van der Waals surface area (Å²) in [6.07, 6.45) is 0. The molecule has 4 aromatic carbocycles. The fourth-order valence-corrected chi connectivity index (χ4v) is 1.37. The van der Waals surface area contributed by atoms with Crippen molar-refractivity contribution in [3.8, 4) is 0 Å². The van der Waals surface area contributed by atoms with Crippen molar-refractivity contribution in [2.75, 3.05) is 0 Å². The summed E-state index contributed by atoms with van der Waals surface area (Å²) in [6, 6.07) is 50.0. The van der Waals surface area contributed by atoms with Gasteiger partial charge in [-0.05, 0) is 0 Å². The Morgan fingerprint density at radius 1 is 0.269 bits per heavy atom. The third-order valence-electron chi connectivity index (χ3n) is 2.43. The van der Waals surface area contributed by atoms with E-state index in [1.807, 2.05) is 121 Å². The Labute approximate surface area is 173 Å². The Morgan fingerprint density at radius 3 is 0.462 bits per heavy atom. The Hall–Kier alpha value is -2.42. The molecule has 0 aromatic heterocycles. The first-order valence-corrected chi connectivity index (χ1v) is 7.64. The number of nitrogens with two attached hydrogens (primary N) is 1. The molecule has 0 unspecified atom stereocenters. The van der Waals surface area contributed by atoms with Gasteiger partial charge in [0.25, 0.3) is 0 Å². The fraction of sp³-hybridized carbons (Fsp3) is 0. The summed E-state index contributed by atoms with van der Waals surface area (Å²) in [5.74, 6) is 0. The SMILES string of the molecule is [Au].[NH2-].[c-]1ccccc1.[c-]1ccccc1.[c-]1ccccc1.[c-]1ccccc1. The Morgan fingerprint density at radius 2 is 0.423 bits per heavy atom. The van der Waals surface area contributed by atoms with Crippen molar-refractivity contribution in [3.05, 3.63) is 152 Å². The summed E-state index contributed by atoms with van der Waals surface area (Å²) in [7, 11) is 0. The standard InChI is InChI=1S/4C6H5.Au.H2N/c4*1-2-4-6-5-3-1;;/h4*1-5H;;1H2/q4*-1;;-1. The molecule has 0 saturated heterocycles. The molecule has 0 atom stereocenters. The number of hydrogen-bond acceptors (Lipinski definition) is 0. The summed E-state index contributed by atoms with van der Waals surface area (Å²) in [6.45, 7) is 0. The van der Waals surface area contributed by atoms with E-state index < -0.39 is 0 Å². The summed E-state index contributed by atoms with van der Waals surface area (Å²) < 4.78 is 0. The second-order valence-electron chi connectivity index (χ2n) is 4.31. The van der Waals surface area contributed by atoms with Crippen molar-refractivity contribution in [2.45, 2.75) is 0 Å². The number of benzene rings is 4. The molecule has 0 bridgehead atoms. The molecule has 0 heterocycles. The van der Waals surface area contributed by atoms with Crippen LogP contribution < -0.4 is 0 Å². The van der Waals surface area contributed by atoms with Gasteiger partial charge in [0.15, 0.2) is 0 Å². The van der Waals surface area contributed by atoms with E-state index in [0.29, 0.717) is 0 Å². The average Bonchev–Trinajstić information content (AvgIpc) is 2.75. The summed E-state index contributed by atoms with van der Waals surface area (Å²) in [5.41, 5.74) is 0. The molecule has 0 aliphatic rings. The van der Waals surface area contributed by atoms with Gasteiger partial charge < -0.3 is 6.15 Å². The third kappa shape index (κ3) is 19.6. The molecule has 0 amide bonds. The monoisotopic (exact) mass is 521 g/mol. The van der Waals surface area contributed by atoms with E-state index in [1.54, 1.807) is 0 Å². The predicted molar refractivity (Wildman–Crippen MR) is 106 cm³/mol. The van der Waals surface area contributed by atoms with Gasteiger partial charge in [-0.1, -0.05) is 0 Å². The van der Waals surface area contributed by atoms with Crippen LogP contribution in [0.4, 0.5) is 0 Å². The number of hydrogen-bond donors (Lipinski definition) is 0. The molecule has 26 heavy (non-hydrogen) atoms. The molecule has 4 aromatic rings. The molecule has 139 valence electrons. The van der Waals surface area contributed by atoms with Crippen LogP contribution in [0.2, 0.25) is 0 Å². The molecule has 0 aliphatic carbocycles. The van der Waals surface area contributed by atoms with Crippen molar-refractivity contribution in [1.29, 1.82) is 0 Å². The zero-order valence-electron chi connectivity index (χ0n) is 14.4. The van der Waals surface area contributed by atoms with Crippen LogP contribution in [0.15, 0.2) is 121 Å². The van der Waals surface area contributed by atoms with Crippen molar-refractivity contribution in [3.63, 3.8) is 0 Å². The van der Waals surface area contributed by atoms with Gasteiger partial charge in [0.2, 0.25) is 0 Å². The second-order valence-corrected chi connectivity index (χ2v) is 4.31. The summed E-state index contributed by atoms with van der Waals surface area (Å²) in [5, 5.41) is 0. The molecule has 0 aliphatic heterocycles. The van der Waals surface area contributed by atoms with Crippen LogP contribution in [-0.4, -0.2) is 0 Å². The molecule has 4 rings (SSSR count). The Balaban J connectivity index is 0. The maximum atomic E-state index is 2.89. The van der Waals surface area contributed by atoms with Crippen LogP contribution >= 0.6 is 0 Å². The molecular weight excluding hydrogens is 499 g/mol. The molecular formula is C24H22AuN-5. The van der Waals surface area contributed by atoms with Gasteiger partial charge in [-0.15, -0.1) is 0 Å². The van der Waals surface area contributed by atoms with Crippen LogP contribution in [0, 0.1) is 24.3 Å². The second kappa shape index (κ2) is 22.6. The van der Waals surface area contributed by atoms with Gasteiger partial charge in [0, 0.05) is 22.4 Å². The van der Waals surface area contributed by atoms with Crippen LogP contribution in [0.5, 0.6) is 0 Å². The first-order chi connectivity index (χ1) is 12.0. The van der Waals surface area contributed by atoms with Gasteiger partial charge in [0.1, 0.15) is 0 Å². The van der Waals surface area contributed by atoms with E-state index in [0.717, 1.165) is 0 Å². The average molecular weight is 521 g/mol. The zero-order chi connectivity index (χ0) is 17.0. The fourth-order valence-electron chi connectivity index (χ4n) is 1.37.